The maximum Gasteiger partial charge on any atom is 0.407 e. The van der Waals surface area contributed by atoms with Gasteiger partial charge < -0.3 is 19.7 Å². The van der Waals surface area contributed by atoms with Gasteiger partial charge in [-0.25, -0.2) is 13.2 Å². The molecule has 0 atom stereocenters. The number of amides is 2. The van der Waals surface area contributed by atoms with Crippen LogP contribution < -0.4 is 10.1 Å². The second-order valence-corrected chi connectivity index (χ2v) is 9.44. The smallest absolute Gasteiger partial charge is 0.407 e. The van der Waals surface area contributed by atoms with Crippen molar-refractivity contribution in [1.29, 1.82) is 0 Å². The number of carbonyl (C=O) groups excluding carboxylic acids is 2. The molecule has 1 N–H and O–H groups in total. The number of methoxy groups -OCH3 is 1. The third-order valence-corrected chi connectivity index (χ3v) is 7.50. The van der Waals surface area contributed by atoms with Gasteiger partial charge in [0.1, 0.15) is 18.9 Å². The van der Waals surface area contributed by atoms with E-state index in [9.17, 15) is 18.0 Å². The van der Waals surface area contributed by atoms with Crippen molar-refractivity contribution in [3.63, 3.8) is 0 Å². The summed E-state index contributed by atoms with van der Waals surface area (Å²) in [6.45, 7) is 0.568. The van der Waals surface area contributed by atoms with E-state index in [1.165, 1.54) is 19.2 Å². The Morgan fingerprint density at radius 3 is 2.29 bits per heavy atom. The zero-order valence-electron chi connectivity index (χ0n) is 17.3. The van der Waals surface area contributed by atoms with Crippen LogP contribution >= 0.6 is 0 Å². The minimum atomic E-state index is -3.48. The van der Waals surface area contributed by atoms with Gasteiger partial charge in [0.2, 0.25) is 5.91 Å². The molecule has 1 aliphatic heterocycles. The predicted molar refractivity (Wildman–Crippen MR) is 114 cm³/mol. The summed E-state index contributed by atoms with van der Waals surface area (Å²) < 4.78 is 35.9. The molecule has 8 nitrogen and oxygen atoms in total. The molecule has 1 fully saturated rings. The molecule has 3 rings (SSSR count). The summed E-state index contributed by atoms with van der Waals surface area (Å²) in [6.07, 6.45) is 0.0195. The van der Waals surface area contributed by atoms with Crippen LogP contribution in [0.2, 0.25) is 0 Å². The zero-order valence-corrected chi connectivity index (χ0v) is 18.1. The quantitative estimate of drug-likeness (QED) is 0.701. The van der Waals surface area contributed by atoms with E-state index in [-0.39, 0.29) is 24.0 Å². The molecule has 0 aliphatic carbocycles. The first-order valence-corrected chi connectivity index (χ1v) is 11.5. The molecule has 166 valence electrons. The van der Waals surface area contributed by atoms with Crippen molar-refractivity contribution < 1.29 is 27.5 Å². The standard InChI is InChI=1S/C22H26N2O6S/c1-29-18-7-9-19(10-8-18)31(27,28)20-11-13-24(14-12-20)21(25)15-23-22(26)30-16-17-5-3-2-4-6-17/h2-10,20H,11-16H2,1H3,(H,23,26). The molecular weight excluding hydrogens is 420 g/mol. The van der Waals surface area contributed by atoms with Crippen LogP contribution in [0.5, 0.6) is 5.75 Å². The van der Waals surface area contributed by atoms with Gasteiger partial charge in [0.05, 0.1) is 17.3 Å². The zero-order chi connectivity index (χ0) is 22.3. The maximum absolute atomic E-state index is 12.8. The number of sulfone groups is 1. The molecule has 2 aromatic carbocycles. The van der Waals surface area contributed by atoms with Crippen LogP contribution in [-0.2, 0) is 26.0 Å². The van der Waals surface area contributed by atoms with E-state index in [1.54, 1.807) is 17.0 Å². The van der Waals surface area contributed by atoms with Gasteiger partial charge in [0.15, 0.2) is 9.84 Å². The molecule has 0 spiro atoms. The molecule has 0 radical (unpaired) electrons. The first-order valence-electron chi connectivity index (χ1n) is 10.0. The minimum Gasteiger partial charge on any atom is -0.497 e. The first-order chi connectivity index (χ1) is 14.9. The summed E-state index contributed by atoms with van der Waals surface area (Å²) in [7, 11) is -1.96. The van der Waals surface area contributed by atoms with Gasteiger partial charge in [-0.15, -0.1) is 0 Å². The molecule has 2 amide bonds. The highest BCUT2D eigenvalue weighted by Crippen LogP contribution is 2.26. The monoisotopic (exact) mass is 446 g/mol. The number of rotatable bonds is 7. The van der Waals surface area contributed by atoms with Crippen LogP contribution in [0, 0.1) is 0 Å². The molecule has 31 heavy (non-hydrogen) atoms. The third kappa shape index (κ3) is 5.97. The largest absolute Gasteiger partial charge is 0.497 e. The third-order valence-electron chi connectivity index (χ3n) is 5.22. The number of nitrogens with one attached hydrogen (secondary N) is 1. The lowest BCUT2D eigenvalue weighted by atomic mass is 10.1. The SMILES string of the molecule is COc1ccc(S(=O)(=O)C2CCN(C(=O)CNC(=O)OCc3ccccc3)CC2)cc1. The molecule has 0 saturated carbocycles. The van der Waals surface area contributed by atoms with Crippen LogP contribution in [-0.4, -0.2) is 57.3 Å². The number of nitrogens with zero attached hydrogens (tertiary/aromatic N) is 1. The number of likely N-dealkylation sites (tertiary alicyclic amines) is 1. The van der Waals surface area contributed by atoms with E-state index in [1.807, 2.05) is 30.3 Å². The number of carbonyl (C=O) groups is 2. The lowest BCUT2D eigenvalue weighted by molar-refractivity contribution is -0.131. The van der Waals surface area contributed by atoms with Gasteiger partial charge in [-0.05, 0) is 42.7 Å². The van der Waals surface area contributed by atoms with Crippen molar-refractivity contribution in [1.82, 2.24) is 10.2 Å². The number of ether oxygens (including phenoxy) is 2. The molecule has 1 saturated heterocycles. The van der Waals surface area contributed by atoms with E-state index >= 15 is 0 Å². The summed E-state index contributed by atoms with van der Waals surface area (Å²) in [5.74, 6) is 0.325. The van der Waals surface area contributed by atoms with Gasteiger partial charge in [0, 0.05) is 13.1 Å². The van der Waals surface area contributed by atoms with E-state index < -0.39 is 21.2 Å². The van der Waals surface area contributed by atoms with E-state index in [2.05, 4.69) is 5.32 Å². The number of alkyl carbamates (subject to hydrolysis) is 1. The molecule has 0 unspecified atom stereocenters. The highest BCUT2D eigenvalue weighted by molar-refractivity contribution is 7.92. The summed E-state index contributed by atoms with van der Waals surface area (Å²) in [5.41, 5.74) is 0.851. The average Bonchev–Trinajstić information content (AvgIpc) is 2.82. The van der Waals surface area contributed by atoms with Crippen LogP contribution in [0.25, 0.3) is 0 Å². The highest BCUT2D eigenvalue weighted by Gasteiger charge is 2.32. The van der Waals surface area contributed by atoms with Crippen molar-refractivity contribution in [3.05, 3.63) is 60.2 Å². The topological polar surface area (TPSA) is 102 Å². The van der Waals surface area contributed by atoms with Gasteiger partial charge in [-0.3, -0.25) is 4.79 Å². The van der Waals surface area contributed by atoms with Crippen molar-refractivity contribution in [2.75, 3.05) is 26.7 Å². The van der Waals surface area contributed by atoms with E-state index in [0.717, 1.165) is 5.56 Å². The van der Waals surface area contributed by atoms with Crippen molar-refractivity contribution in [3.8, 4) is 5.75 Å². The molecule has 0 bridgehead atoms. The van der Waals surface area contributed by atoms with E-state index in [0.29, 0.717) is 31.7 Å². The maximum atomic E-state index is 12.8. The predicted octanol–water partition coefficient (Wildman–Crippen LogP) is 2.39. The summed E-state index contributed by atoms with van der Waals surface area (Å²) in [6, 6.07) is 15.5. The van der Waals surface area contributed by atoms with Gasteiger partial charge in [-0.2, -0.15) is 0 Å². The number of piperidine rings is 1. The molecule has 0 aromatic heterocycles. The Bertz CT molecular complexity index is 984. The highest BCUT2D eigenvalue weighted by atomic mass is 32.2. The lowest BCUT2D eigenvalue weighted by Gasteiger charge is -2.31. The van der Waals surface area contributed by atoms with E-state index in [4.69, 9.17) is 9.47 Å². The van der Waals surface area contributed by atoms with Gasteiger partial charge in [-0.1, -0.05) is 30.3 Å². The van der Waals surface area contributed by atoms with Crippen LogP contribution in [0.1, 0.15) is 18.4 Å². The minimum absolute atomic E-state index is 0.121. The number of benzene rings is 2. The molecule has 1 heterocycles. The lowest BCUT2D eigenvalue weighted by Crippen LogP contribution is -2.46. The fraction of sp³-hybridized carbons (Fsp3) is 0.364. The molecule has 1 aliphatic rings. The normalized spacial score (nSPS) is 14.7. The number of hydrogen-bond acceptors (Lipinski definition) is 6. The fourth-order valence-electron chi connectivity index (χ4n) is 3.41. The second kappa shape index (κ2) is 10.3. The molecule has 2 aromatic rings. The summed E-state index contributed by atoms with van der Waals surface area (Å²) in [4.78, 5) is 26.0. The average molecular weight is 447 g/mol. The Labute approximate surface area is 182 Å². The molecule has 9 heteroatoms. The summed E-state index contributed by atoms with van der Waals surface area (Å²) in [5, 5.41) is 1.90. The Morgan fingerprint density at radius 2 is 1.68 bits per heavy atom. The van der Waals surface area contributed by atoms with Gasteiger partial charge >= 0.3 is 6.09 Å². The second-order valence-electron chi connectivity index (χ2n) is 7.22. The number of hydrogen-bond donors (Lipinski definition) is 1. The van der Waals surface area contributed by atoms with Crippen molar-refractivity contribution in [2.24, 2.45) is 0 Å². The van der Waals surface area contributed by atoms with Gasteiger partial charge in [0.25, 0.3) is 0 Å². The van der Waals surface area contributed by atoms with Crippen LogP contribution in [0.15, 0.2) is 59.5 Å². The first kappa shape index (κ1) is 22.6. The Kier molecular flexibility index (Phi) is 7.51. The van der Waals surface area contributed by atoms with Crippen molar-refractivity contribution >= 4 is 21.8 Å². The Morgan fingerprint density at radius 1 is 1.03 bits per heavy atom. The Balaban J connectivity index is 1.44. The molecular formula is C22H26N2O6S. The fourth-order valence-corrected chi connectivity index (χ4v) is 5.14. The van der Waals surface area contributed by atoms with Crippen LogP contribution in [0.4, 0.5) is 4.79 Å². The van der Waals surface area contributed by atoms with Crippen molar-refractivity contribution in [2.45, 2.75) is 29.6 Å². The van der Waals surface area contributed by atoms with Crippen LogP contribution in [0.3, 0.4) is 0 Å². The Hall–Kier alpha value is -3.07. The summed E-state index contributed by atoms with van der Waals surface area (Å²) >= 11 is 0.